The summed E-state index contributed by atoms with van der Waals surface area (Å²) in [6.07, 6.45) is 0. The molecule has 3 aromatic carbocycles. The fourth-order valence-electron chi connectivity index (χ4n) is 2.79. The fraction of sp³-hybridized carbons (Fsp3) is 0. The molecule has 0 fully saturated rings. The highest BCUT2D eigenvalue weighted by Crippen LogP contribution is 2.35. The summed E-state index contributed by atoms with van der Waals surface area (Å²) < 4.78 is 73.8. The van der Waals surface area contributed by atoms with Crippen molar-refractivity contribution in [2.24, 2.45) is 0 Å². The van der Waals surface area contributed by atoms with E-state index < -0.39 is 34.6 Å². The standard InChI is InChI=1S/C20H9F5O/c21-16-15(17(22)19(24)20(25)18(16)23)12-7-6-11-8-13(26-14(11)9-12)10-4-2-1-3-5-10/h1-9H. The SMILES string of the molecule is Fc1c(F)c(F)c(-c2ccc3cc(-c4ccccc4)oc3c2)c(F)c1F. The number of furan rings is 1. The van der Waals surface area contributed by atoms with Gasteiger partial charge in [-0.2, -0.15) is 0 Å². The van der Waals surface area contributed by atoms with Gasteiger partial charge in [0.05, 0.1) is 5.56 Å². The molecule has 0 N–H and O–H groups in total. The van der Waals surface area contributed by atoms with Crippen LogP contribution in [0.25, 0.3) is 33.4 Å². The van der Waals surface area contributed by atoms with Gasteiger partial charge in [0.15, 0.2) is 23.3 Å². The smallest absolute Gasteiger partial charge is 0.200 e. The second-order valence-corrected chi connectivity index (χ2v) is 5.67. The molecule has 26 heavy (non-hydrogen) atoms. The van der Waals surface area contributed by atoms with Crippen molar-refractivity contribution in [1.82, 2.24) is 0 Å². The first-order valence-electron chi connectivity index (χ1n) is 7.58. The summed E-state index contributed by atoms with van der Waals surface area (Å²) >= 11 is 0. The molecule has 1 nitrogen and oxygen atoms in total. The molecular weight excluding hydrogens is 351 g/mol. The normalized spacial score (nSPS) is 11.3. The summed E-state index contributed by atoms with van der Waals surface area (Å²) in [5.74, 6) is -9.39. The average Bonchev–Trinajstić information content (AvgIpc) is 3.09. The fourth-order valence-corrected chi connectivity index (χ4v) is 2.79. The maximum Gasteiger partial charge on any atom is 0.200 e. The number of fused-ring (bicyclic) bond motifs is 1. The highest BCUT2D eigenvalue weighted by atomic mass is 19.2. The molecule has 0 aliphatic carbocycles. The molecule has 0 amide bonds. The second kappa shape index (κ2) is 5.98. The van der Waals surface area contributed by atoms with Gasteiger partial charge in [-0.1, -0.05) is 42.5 Å². The van der Waals surface area contributed by atoms with Crippen LogP contribution in [-0.2, 0) is 0 Å². The summed E-state index contributed by atoms with van der Waals surface area (Å²) in [5, 5.41) is 0.636. The van der Waals surface area contributed by atoms with Gasteiger partial charge in [0.1, 0.15) is 11.3 Å². The van der Waals surface area contributed by atoms with Gasteiger partial charge in [-0.05, 0) is 17.7 Å². The van der Waals surface area contributed by atoms with Crippen LogP contribution in [0.15, 0.2) is 59.0 Å². The number of rotatable bonds is 2. The van der Waals surface area contributed by atoms with Crippen LogP contribution in [0.1, 0.15) is 0 Å². The third-order valence-corrected chi connectivity index (χ3v) is 4.08. The molecule has 0 saturated carbocycles. The summed E-state index contributed by atoms with van der Waals surface area (Å²) in [4.78, 5) is 0. The van der Waals surface area contributed by atoms with E-state index in [4.69, 9.17) is 4.42 Å². The van der Waals surface area contributed by atoms with Crippen molar-refractivity contribution >= 4 is 11.0 Å². The molecule has 0 aliphatic rings. The molecule has 0 radical (unpaired) electrons. The number of halogens is 5. The molecule has 4 aromatic rings. The Labute approximate surface area is 144 Å². The molecule has 0 unspecified atom stereocenters. The lowest BCUT2D eigenvalue weighted by Crippen LogP contribution is -2.03. The summed E-state index contributed by atoms with van der Waals surface area (Å²) in [7, 11) is 0. The second-order valence-electron chi connectivity index (χ2n) is 5.67. The first-order chi connectivity index (χ1) is 12.5. The predicted octanol–water partition coefficient (Wildman–Crippen LogP) is 6.46. The zero-order valence-corrected chi connectivity index (χ0v) is 13.0. The molecular formula is C20H9F5O. The third kappa shape index (κ3) is 2.45. The van der Waals surface area contributed by atoms with Crippen LogP contribution in [0.2, 0.25) is 0 Å². The Balaban J connectivity index is 1.90. The Bertz CT molecular complexity index is 1100. The van der Waals surface area contributed by atoms with E-state index in [9.17, 15) is 22.0 Å². The van der Waals surface area contributed by atoms with Crippen LogP contribution in [-0.4, -0.2) is 0 Å². The first-order valence-corrected chi connectivity index (χ1v) is 7.58. The Kier molecular flexibility index (Phi) is 3.76. The van der Waals surface area contributed by atoms with Crippen LogP contribution in [0.3, 0.4) is 0 Å². The van der Waals surface area contributed by atoms with Gasteiger partial charge in [-0.3, -0.25) is 0 Å². The minimum atomic E-state index is -2.19. The van der Waals surface area contributed by atoms with Gasteiger partial charge >= 0.3 is 0 Å². The van der Waals surface area contributed by atoms with E-state index in [1.807, 2.05) is 30.3 Å². The van der Waals surface area contributed by atoms with E-state index in [2.05, 4.69) is 0 Å². The predicted molar refractivity (Wildman–Crippen MR) is 86.9 cm³/mol. The monoisotopic (exact) mass is 360 g/mol. The van der Waals surface area contributed by atoms with Crippen LogP contribution < -0.4 is 0 Å². The maximum absolute atomic E-state index is 14.0. The summed E-state index contributed by atoms with van der Waals surface area (Å²) in [5.41, 5.74) is -0.0907. The largest absolute Gasteiger partial charge is 0.456 e. The first kappa shape index (κ1) is 16.3. The van der Waals surface area contributed by atoms with E-state index in [0.29, 0.717) is 11.1 Å². The van der Waals surface area contributed by atoms with E-state index in [1.165, 1.54) is 18.2 Å². The van der Waals surface area contributed by atoms with Crippen LogP contribution >= 0.6 is 0 Å². The Morgan fingerprint density at radius 2 is 1.19 bits per heavy atom. The molecule has 0 spiro atoms. The maximum atomic E-state index is 14.0. The van der Waals surface area contributed by atoms with Gasteiger partial charge < -0.3 is 4.42 Å². The topological polar surface area (TPSA) is 13.1 Å². The van der Waals surface area contributed by atoms with E-state index in [-0.39, 0.29) is 11.1 Å². The molecule has 1 aromatic heterocycles. The van der Waals surface area contributed by atoms with Gasteiger partial charge in [-0.25, -0.2) is 22.0 Å². The highest BCUT2D eigenvalue weighted by Gasteiger charge is 2.26. The minimum absolute atomic E-state index is 0.167. The van der Waals surface area contributed by atoms with Gasteiger partial charge in [-0.15, -0.1) is 0 Å². The highest BCUT2D eigenvalue weighted by molar-refractivity contribution is 5.87. The van der Waals surface area contributed by atoms with Gasteiger partial charge in [0, 0.05) is 10.9 Å². The molecule has 0 atom stereocenters. The number of hydrogen-bond donors (Lipinski definition) is 0. The van der Waals surface area contributed by atoms with E-state index >= 15 is 0 Å². The minimum Gasteiger partial charge on any atom is -0.456 e. The molecule has 0 bridgehead atoms. The quantitative estimate of drug-likeness (QED) is 0.227. The zero-order valence-electron chi connectivity index (χ0n) is 13.0. The average molecular weight is 360 g/mol. The van der Waals surface area contributed by atoms with Crippen molar-refractivity contribution in [2.75, 3.05) is 0 Å². The van der Waals surface area contributed by atoms with Crippen molar-refractivity contribution < 1.29 is 26.4 Å². The Hall–Kier alpha value is -3.15. The molecule has 1 heterocycles. The molecule has 6 heteroatoms. The Morgan fingerprint density at radius 3 is 1.85 bits per heavy atom. The molecule has 0 aliphatic heterocycles. The van der Waals surface area contributed by atoms with Crippen molar-refractivity contribution in [1.29, 1.82) is 0 Å². The van der Waals surface area contributed by atoms with Crippen LogP contribution in [0, 0.1) is 29.1 Å². The number of hydrogen-bond acceptors (Lipinski definition) is 1. The van der Waals surface area contributed by atoms with Crippen molar-refractivity contribution in [3.05, 3.63) is 83.7 Å². The van der Waals surface area contributed by atoms with Crippen LogP contribution in [0.5, 0.6) is 0 Å². The molecule has 130 valence electrons. The summed E-state index contributed by atoms with van der Waals surface area (Å²) in [6, 6.07) is 14.9. The van der Waals surface area contributed by atoms with E-state index in [0.717, 1.165) is 5.56 Å². The molecule has 0 saturated heterocycles. The van der Waals surface area contributed by atoms with Crippen molar-refractivity contribution in [3.8, 4) is 22.5 Å². The zero-order chi connectivity index (χ0) is 18.4. The van der Waals surface area contributed by atoms with E-state index in [1.54, 1.807) is 6.07 Å². The third-order valence-electron chi connectivity index (χ3n) is 4.08. The lowest BCUT2D eigenvalue weighted by Gasteiger charge is -2.08. The lowest BCUT2D eigenvalue weighted by molar-refractivity contribution is 0.381. The van der Waals surface area contributed by atoms with Crippen molar-refractivity contribution in [2.45, 2.75) is 0 Å². The van der Waals surface area contributed by atoms with Crippen LogP contribution in [0.4, 0.5) is 22.0 Å². The Morgan fingerprint density at radius 1 is 0.577 bits per heavy atom. The lowest BCUT2D eigenvalue weighted by atomic mass is 10.0. The van der Waals surface area contributed by atoms with Crippen molar-refractivity contribution in [3.63, 3.8) is 0 Å². The molecule has 4 rings (SSSR count). The van der Waals surface area contributed by atoms with Gasteiger partial charge in [0.25, 0.3) is 0 Å². The summed E-state index contributed by atoms with van der Waals surface area (Å²) in [6.45, 7) is 0. The van der Waals surface area contributed by atoms with Gasteiger partial charge in [0.2, 0.25) is 5.82 Å². The number of benzene rings is 3.